The number of aryl methyl sites for hydroxylation is 1. The third kappa shape index (κ3) is 4.09. The molecule has 4 heteroatoms. The minimum atomic E-state index is -0.318. The summed E-state index contributed by atoms with van der Waals surface area (Å²) in [5.74, 6) is -0.122. The van der Waals surface area contributed by atoms with Gasteiger partial charge >= 0.3 is 0 Å². The number of Topliss-reactive ketones (excluding diaryl/α,β-unsaturated/α-hetero) is 1. The number of benzene rings is 3. The summed E-state index contributed by atoms with van der Waals surface area (Å²) in [6.45, 7) is 6.24. The molecule has 3 aromatic carbocycles. The van der Waals surface area contributed by atoms with Gasteiger partial charge in [0, 0.05) is 23.2 Å². The number of fused-ring (bicyclic) bond motifs is 2. The van der Waals surface area contributed by atoms with Gasteiger partial charge in [0.15, 0.2) is 5.78 Å². The lowest BCUT2D eigenvalue weighted by Crippen LogP contribution is -2.36. The van der Waals surface area contributed by atoms with Crippen LogP contribution in [0, 0.1) is 18.3 Å². The van der Waals surface area contributed by atoms with Crippen molar-refractivity contribution in [3.8, 4) is 0 Å². The van der Waals surface area contributed by atoms with Crippen LogP contribution in [0.3, 0.4) is 0 Å². The van der Waals surface area contributed by atoms with Gasteiger partial charge < -0.3 is 10.6 Å². The molecule has 0 bridgehead atoms. The second-order valence-electron chi connectivity index (χ2n) is 9.82. The Morgan fingerprint density at radius 3 is 2.36 bits per heavy atom. The molecule has 3 aromatic rings. The molecule has 0 spiro atoms. The van der Waals surface area contributed by atoms with E-state index in [1.54, 1.807) is 0 Å². The Balaban J connectivity index is 1.60. The predicted molar refractivity (Wildman–Crippen MR) is 132 cm³/mol. The fourth-order valence-corrected chi connectivity index (χ4v) is 4.90. The SMILES string of the molecule is Cc1ccc([C@@H]2Nc3ccc(C(=O)c4ccccc4)cc3NC3=CC(C)(C)CC(=O)[C@H]32)cc1. The number of nitrogens with one attached hydrogen (secondary N) is 2. The molecule has 0 saturated carbocycles. The van der Waals surface area contributed by atoms with E-state index in [2.05, 4.69) is 61.7 Å². The zero-order chi connectivity index (χ0) is 23.2. The van der Waals surface area contributed by atoms with E-state index in [0.717, 1.165) is 22.6 Å². The predicted octanol–water partition coefficient (Wildman–Crippen LogP) is 6.30. The summed E-state index contributed by atoms with van der Waals surface area (Å²) in [4.78, 5) is 26.4. The van der Waals surface area contributed by atoms with E-state index in [9.17, 15) is 9.59 Å². The standard InChI is InChI=1S/C29H28N2O2/c1-18-9-11-19(12-10-18)27-26-24(16-29(2,3)17-25(26)32)30-23-15-21(13-14-22(23)31-27)28(33)20-7-5-4-6-8-20/h4-16,26-27,30-31H,17H2,1-3H3/t26-,27-/m0/s1. The molecule has 0 radical (unpaired) electrons. The molecule has 33 heavy (non-hydrogen) atoms. The largest absolute Gasteiger partial charge is 0.375 e. The number of carbonyl (C=O) groups is 2. The molecule has 0 unspecified atom stereocenters. The normalized spacial score (nSPS) is 20.9. The maximum absolute atomic E-state index is 13.4. The first-order valence-electron chi connectivity index (χ1n) is 11.4. The number of allylic oxidation sites excluding steroid dienone is 1. The third-order valence-corrected chi connectivity index (χ3v) is 6.54. The van der Waals surface area contributed by atoms with Crippen LogP contribution < -0.4 is 10.6 Å². The van der Waals surface area contributed by atoms with E-state index in [1.807, 2.05) is 48.5 Å². The number of rotatable bonds is 3. The Kier molecular flexibility index (Phi) is 5.16. The van der Waals surface area contributed by atoms with Crippen molar-refractivity contribution >= 4 is 22.9 Å². The summed E-state index contributed by atoms with van der Waals surface area (Å²) in [5.41, 5.74) is 5.89. The molecule has 166 valence electrons. The second kappa shape index (κ2) is 8.04. The van der Waals surface area contributed by atoms with Crippen LogP contribution in [0.4, 0.5) is 11.4 Å². The van der Waals surface area contributed by atoms with Crippen molar-refractivity contribution in [2.24, 2.45) is 11.3 Å². The molecular formula is C29H28N2O2. The van der Waals surface area contributed by atoms with Gasteiger partial charge in [-0.2, -0.15) is 0 Å². The molecule has 0 saturated heterocycles. The van der Waals surface area contributed by atoms with Crippen molar-refractivity contribution in [3.05, 3.63) is 107 Å². The van der Waals surface area contributed by atoms with Gasteiger partial charge in [-0.3, -0.25) is 9.59 Å². The Morgan fingerprint density at radius 1 is 0.909 bits per heavy atom. The van der Waals surface area contributed by atoms with Crippen molar-refractivity contribution in [3.63, 3.8) is 0 Å². The summed E-state index contributed by atoms with van der Waals surface area (Å²) in [5, 5.41) is 7.15. The topological polar surface area (TPSA) is 58.2 Å². The molecular weight excluding hydrogens is 408 g/mol. The van der Waals surface area contributed by atoms with Crippen molar-refractivity contribution in [2.45, 2.75) is 33.2 Å². The van der Waals surface area contributed by atoms with Gasteiger partial charge in [0.1, 0.15) is 5.78 Å². The second-order valence-corrected chi connectivity index (χ2v) is 9.82. The van der Waals surface area contributed by atoms with Crippen LogP contribution in [-0.2, 0) is 4.79 Å². The van der Waals surface area contributed by atoms with Crippen LogP contribution in [0.5, 0.6) is 0 Å². The maximum atomic E-state index is 13.4. The van der Waals surface area contributed by atoms with Crippen LogP contribution in [0.15, 0.2) is 84.6 Å². The molecule has 0 aromatic heterocycles. The highest BCUT2D eigenvalue weighted by Gasteiger charge is 2.41. The Morgan fingerprint density at radius 2 is 1.64 bits per heavy atom. The lowest BCUT2D eigenvalue weighted by atomic mass is 9.72. The van der Waals surface area contributed by atoms with Crippen molar-refractivity contribution in [1.82, 2.24) is 0 Å². The van der Waals surface area contributed by atoms with E-state index >= 15 is 0 Å². The average Bonchev–Trinajstić information content (AvgIpc) is 2.95. The fourth-order valence-electron chi connectivity index (χ4n) is 4.90. The molecule has 5 rings (SSSR count). The quantitative estimate of drug-likeness (QED) is 0.473. The maximum Gasteiger partial charge on any atom is 0.193 e. The first kappa shape index (κ1) is 21.2. The highest BCUT2D eigenvalue weighted by atomic mass is 16.1. The van der Waals surface area contributed by atoms with Gasteiger partial charge in [0.25, 0.3) is 0 Å². The van der Waals surface area contributed by atoms with Gasteiger partial charge in [-0.05, 0) is 36.1 Å². The molecule has 4 nitrogen and oxygen atoms in total. The smallest absolute Gasteiger partial charge is 0.193 e. The lowest BCUT2D eigenvalue weighted by molar-refractivity contribution is -0.124. The van der Waals surface area contributed by atoms with Gasteiger partial charge in [-0.15, -0.1) is 0 Å². The third-order valence-electron chi connectivity index (χ3n) is 6.54. The summed E-state index contributed by atoms with van der Waals surface area (Å²) in [6.07, 6.45) is 2.68. The zero-order valence-electron chi connectivity index (χ0n) is 19.2. The van der Waals surface area contributed by atoms with E-state index < -0.39 is 0 Å². The van der Waals surface area contributed by atoms with Crippen molar-refractivity contribution in [2.75, 3.05) is 10.6 Å². The highest BCUT2D eigenvalue weighted by molar-refractivity contribution is 6.10. The molecule has 1 heterocycles. The van der Waals surface area contributed by atoms with Crippen molar-refractivity contribution < 1.29 is 9.59 Å². The fraction of sp³-hybridized carbons (Fsp3) is 0.241. The molecule has 2 atom stereocenters. The summed E-state index contributed by atoms with van der Waals surface area (Å²) < 4.78 is 0. The van der Waals surface area contributed by atoms with Crippen LogP contribution in [-0.4, -0.2) is 11.6 Å². The van der Waals surface area contributed by atoms with Gasteiger partial charge in [-0.1, -0.05) is 80.1 Å². The molecule has 0 fully saturated rings. The summed E-state index contributed by atoms with van der Waals surface area (Å²) in [6, 6.07) is 23.1. The number of anilines is 2. The van der Waals surface area contributed by atoms with E-state index in [0.29, 0.717) is 17.5 Å². The van der Waals surface area contributed by atoms with Gasteiger partial charge in [-0.25, -0.2) is 0 Å². The first-order chi connectivity index (χ1) is 15.8. The van der Waals surface area contributed by atoms with Crippen LogP contribution >= 0.6 is 0 Å². The molecule has 2 aliphatic rings. The Labute approximate surface area is 194 Å². The Bertz CT molecular complexity index is 1260. The minimum Gasteiger partial charge on any atom is -0.375 e. The van der Waals surface area contributed by atoms with Crippen LogP contribution in [0.2, 0.25) is 0 Å². The molecule has 0 amide bonds. The zero-order valence-corrected chi connectivity index (χ0v) is 19.2. The van der Waals surface area contributed by atoms with Gasteiger partial charge in [0.2, 0.25) is 0 Å². The van der Waals surface area contributed by atoms with E-state index in [-0.39, 0.29) is 28.9 Å². The minimum absolute atomic E-state index is 0.0230. The number of carbonyl (C=O) groups excluding carboxylic acids is 2. The number of hydrogen-bond donors (Lipinski definition) is 2. The lowest BCUT2D eigenvalue weighted by Gasteiger charge is -2.35. The van der Waals surface area contributed by atoms with E-state index in [1.165, 1.54) is 5.56 Å². The molecule has 2 N–H and O–H groups in total. The Hall–Kier alpha value is -3.66. The van der Waals surface area contributed by atoms with Crippen molar-refractivity contribution in [1.29, 1.82) is 0 Å². The first-order valence-corrected chi connectivity index (χ1v) is 11.4. The highest BCUT2D eigenvalue weighted by Crippen LogP contribution is 2.45. The monoisotopic (exact) mass is 436 g/mol. The molecule has 1 aliphatic carbocycles. The summed E-state index contributed by atoms with van der Waals surface area (Å²) >= 11 is 0. The van der Waals surface area contributed by atoms with Crippen LogP contribution in [0.1, 0.15) is 53.4 Å². The van der Waals surface area contributed by atoms with Crippen LogP contribution in [0.25, 0.3) is 0 Å². The number of ketones is 2. The average molecular weight is 437 g/mol. The molecule has 1 aliphatic heterocycles. The summed E-state index contributed by atoms with van der Waals surface area (Å²) in [7, 11) is 0. The van der Waals surface area contributed by atoms with E-state index in [4.69, 9.17) is 0 Å². The van der Waals surface area contributed by atoms with Gasteiger partial charge in [0.05, 0.1) is 23.3 Å². The number of hydrogen-bond acceptors (Lipinski definition) is 4.